The van der Waals surface area contributed by atoms with Crippen molar-refractivity contribution < 1.29 is 19.1 Å². The molecule has 0 radical (unpaired) electrons. The highest BCUT2D eigenvalue weighted by atomic mass is 32.1. The number of carbonyl (C=O) groups excluding carboxylic acids is 3. The van der Waals surface area contributed by atoms with Crippen molar-refractivity contribution in [2.45, 2.75) is 19.4 Å². The number of hydrogen-bond donors (Lipinski definition) is 4. The lowest BCUT2D eigenvalue weighted by Crippen LogP contribution is -2.47. The molecule has 158 valence electrons. The summed E-state index contributed by atoms with van der Waals surface area (Å²) in [6.45, 7) is 1.60. The Morgan fingerprint density at radius 2 is 1.83 bits per heavy atom. The van der Waals surface area contributed by atoms with E-state index in [4.69, 9.17) is 22.7 Å². The molecule has 0 fully saturated rings. The minimum atomic E-state index is -0.852. The monoisotopic (exact) mass is 428 g/mol. The van der Waals surface area contributed by atoms with Crippen LogP contribution < -0.4 is 21.7 Å². The molecule has 30 heavy (non-hydrogen) atoms. The molecule has 0 aromatic heterocycles. The zero-order chi connectivity index (χ0) is 21.9. The Kier molecular flexibility index (Phi) is 8.76. The molecule has 0 aliphatic carbocycles. The van der Waals surface area contributed by atoms with Crippen molar-refractivity contribution in [3.05, 3.63) is 65.7 Å². The minimum Gasteiger partial charge on any atom is -0.464 e. The molecule has 0 saturated carbocycles. The largest absolute Gasteiger partial charge is 0.464 e. The maximum atomic E-state index is 12.3. The Balaban J connectivity index is 1.95. The fraction of sp³-hybridized carbons (Fsp3) is 0.238. The Labute approximate surface area is 180 Å². The van der Waals surface area contributed by atoms with E-state index < -0.39 is 23.8 Å². The van der Waals surface area contributed by atoms with E-state index in [0.717, 1.165) is 5.56 Å². The molecule has 0 aliphatic rings. The fourth-order valence-electron chi connectivity index (χ4n) is 2.67. The van der Waals surface area contributed by atoms with Gasteiger partial charge in [0.1, 0.15) is 6.04 Å². The third kappa shape index (κ3) is 7.51. The topological polar surface area (TPSA) is 123 Å². The highest BCUT2D eigenvalue weighted by Crippen LogP contribution is 2.10. The average Bonchev–Trinajstić information content (AvgIpc) is 2.72. The number of ether oxygens (including phenoxy) is 1. The van der Waals surface area contributed by atoms with Gasteiger partial charge >= 0.3 is 5.97 Å². The van der Waals surface area contributed by atoms with Crippen LogP contribution in [0, 0.1) is 0 Å². The molecule has 0 bridgehead atoms. The summed E-state index contributed by atoms with van der Waals surface area (Å²) in [6.07, 6.45) is 0.284. The van der Waals surface area contributed by atoms with Crippen LogP contribution in [0.25, 0.3) is 0 Å². The van der Waals surface area contributed by atoms with Gasteiger partial charge in [-0.25, -0.2) is 4.79 Å². The van der Waals surface area contributed by atoms with E-state index in [1.54, 1.807) is 31.2 Å². The molecule has 9 heteroatoms. The van der Waals surface area contributed by atoms with Crippen molar-refractivity contribution >= 4 is 40.8 Å². The molecule has 0 saturated heterocycles. The van der Waals surface area contributed by atoms with Crippen molar-refractivity contribution in [1.82, 2.24) is 10.6 Å². The number of carbonyl (C=O) groups is 3. The van der Waals surface area contributed by atoms with Crippen LogP contribution in [0.15, 0.2) is 54.6 Å². The highest BCUT2D eigenvalue weighted by molar-refractivity contribution is 7.80. The Morgan fingerprint density at radius 1 is 1.10 bits per heavy atom. The first kappa shape index (κ1) is 22.8. The summed E-state index contributed by atoms with van der Waals surface area (Å²) >= 11 is 4.77. The van der Waals surface area contributed by atoms with E-state index in [2.05, 4.69) is 16.0 Å². The van der Waals surface area contributed by atoms with E-state index in [-0.39, 0.29) is 24.7 Å². The molecule has 5 N–H and O–H groups in total. The summed E-state index contributed by atoms with van der Waals surface area (Å²) in [5.74, 6) is -1.49. The molecule has 8 nitrogen and oxygen atoms in total. The third-order valence-corrected chi connectivity index (χ3v) is 4.09. The number of hydrogen-bond acceptors (Lipinski definition) is 5. The van der Waals surface area contributed by atoms with Crippen LogP contribution in [0.1, 0.15) is 22.8 Å². The van der Waals surface area contributed by atoms with E-state index in [1.165, 1.54) is 0 Å². The van der Waals surface area contributed by atoms with Gasteiger partial charge in [0, 0.05) is 17.7 Å². The lowest BCUT2D eigenvalue weighted by Gasteiger charge is -2.17. The van der Waals surface area contributed by atoms with Crippen LogP contribution >= 0.6 is 12.2 Å². The highest BCUT2D eigenvalue weighted by Gasteiger charge is 2.22. The van der Waals surface area contributed by atoms with E-state index in [0.29, 0.717) is 11.3 Å². The molecular formula is C21H24N4O4S. The van der Waals surface area contributed by atoms with Crippen LogP contribution in [0.2, 0.25) is 0 Å². The molecule has 2 aromatic rings. The van der Waals surface area contributed by atoms with Gasteiger partial charge in [0.05, 0.1) is 13.2 Å². The molecule has 2 aromatic carbocycles. The zero-order valence-electron chi connectivity index (χ0n) is 16.5. The normalized spacial score (nSPS) is 11.1. The van der Waals surface area contributed by atoms with Gasteiger partial charge in [-0.3, -0.25) is 9.59 Å². The molecule has 1 unspecified atom stereocenters. The molecule has 2 amide bonds. The molecule has 0 spiro atoms. The lowest BCUT2D eigenvalue weighted by atomic mass is 10.1. The predicted molar refractivity (Wildman–Crippen MR) is 118 cm³/mol. The van der Waals surface area contributed by atoms with Crippen molar-refractivity contribution in [3.8, 4) is 0 Å². The minimum absolute atomic E-state index is 0.0790. The van der Waals surface area contributed by atoms with Gasteiger partial charge in [0.15, 0.2) is 5.11 Å². The first-order chi connectivity index (χ1) is 14.4. The Bertz CT molecular complexity index is 905. The number of nitrogens with one attached hydrogen (secondary N) is 3. The first-order valence-corrected chi connectivity index (χ1v) is 9.74. The van der Waals surface area contributed by atoms with E-state index in [1.807, 2.05) is 30.3 Å². The van der Waals surface area contributed by atoms with E-state index >= 15 is 0 Å². The first-order valence-electron chi connectivity index (χ1n) is 9.33. The summed E-state index contributed by atoms with van der Waals surface area (Å²) in [4.78, 5) is 36.9. The molecule has 2 rings (SSSR count). The number of anilines is 1. The Hall–Kier alpha value is -3.46. The summed E-state index contributed by atoms with van der Waals surface area (Å²) < 4.78 is 5.05. The fourth-order valence-corrected chi connectivity index (χ4v) is 2.79. The van der Waals surface area contributed by atoms with Gasteiger partial charge in [-0.1, -0.05) is 36.4 Å². The van der Waals surface area contributed by atoms with Gasteiger partial charge in [0.2, 0.25) is 5.91 Å². The van der Waals surface area contributed by atoms with Crippen molar-refractivity contribution in [1.29, 1.82) is 0 Å². The Morgan fingerprint density at radius 3 is 2.50 bits per heavy atom. The van der Waals surface area contributed by atoms with Crippen LogP contribution in [0.5, 0.6) is 0 Å². The number of amides is 2. The van der Waals surface area contributed by atoms with Gasteiger partial charge < -0.3 is 26.4 Å². The third-order valence-electron chi connectivity index (χ3n) is 3.99. The zero-order valence-corrected chi connectivity index (χ0v) is 17.3. The second-order valence-electron chi connectivity index (χ2n) is 6.31. The number of esters is 1. The quantitative estimate of drug-likeness (QED) is 0.351. The van der Waals surface area contributed by atoms with Crippen LogP contribution in [-0.2, 0) is 20.7 Å². The van der Waals surface area contributed by atoms with Gasteiger partial charge in [-0.2, -0.15) is 0 Å². The lowest BCUT2D eigenvalue weighted by molar-refractivity contribution is -0.147. The summed E-state index contributed by atoms with van der Waals surface area (Å²) in [6, 6.07) is 14.9. The van der Waals surface area contributed by atoms with Gasteiger partial charge in [-0.05, 0) is 42.9 Å². The smallest absolute Gasteiger partial charge is 0.328 e. The second kappa shape index (κ2) is 11.5. The maximum absolute atomic E-state index is 12.3. The number of thiocarbonyl (C=S) groups is 1. The number of rotatable bonds is 9. The van der Waals surface area contributed by atoms with Crippen molar-refractivity contribution in [3.63, 3.8) is 0 Å². The molecular weight excluding hydrogens is 404 g/mol. The van der Waals surface area contributed by atoms with Crippen molar-refractivity contribution in [2.24, 2.45) is 5.73 Å². The molecule has 0 aliphatic heterocycles. The maximum Gasteiger partial charge on any atom is 0.328 e. The second-order valence-corrected chi connectivity index (χ2v) is 6.75. The summed E-state index contributed by atoms with van der Waals surface area (Å²) in [5, 5.41) is 7.96. The molecule has 1 atom stereocenters. The van der Waals surface area contributed by atoms with Gasteiger partial charge in [0.25, 0.3) is 5.91 Å². The predicted octanol–water partition coefficient (Wildman–Crippen LogP) is 1.36. The van der Waals surface area contributed by atoms with Crippen LogP contribution in [-0.4, -0.2) is 42.1 Å². The standard InChI is InChI=1S/C21H24N4O4S/c1-2-29-20(28)17(11-14-7-4-3-5-8-14)25-18(26)13-23-19(27)15-9-6-10-16(12-15)24-21(22)30/h3-10,12,17H,2,11,13H2,1H3,(H,23,27)(H,25,26)(H3,22,24,30). The number of nitrogens with two attached hydrogens (primary N) is 1. The SMILES string of the molecule is CCOC(=O)C(Cc1ccccc1)NC(=O)CNC(=O)c1cccc(NC(N)=S)c1. The summed E-state index contributed by atoms with van der Waals surface area (Å²) in [5.41, 5.74) is 7.19. The molecule has 0 heterocycles. The van der Waals surface area contributed by atoms with E-state index in [9.17, 15) is 14.4 Å². The average molecular weight is 429 g/mol. The van der Waals surface area contributed by atoms with Crippen LogP contribution in [0.4, 0.5) is 5.69 Å². The number of benzene rings is 2. The van der Waals surface area contributed by atoms with Crippen LogP contribution in [0.3, 0.4) is 0 Å². The summed E-state index contributed by atoms with van der Waals surface area (Å²) in [7, 11) is 0. The van der Waals surface area contributed by atoms with Crippen molar-refractivity contribution in [2.75, 3.05) is 18.5 Å². The van der Waals surface area contributed by atoms with Gasteiger partial charge in [-0.15, -0.1) is 0 Å².